The number of hydrogen-bond acceptors (Lipinski definition) is 4. The highest BCUT2D eigenvalue weighted by molar-refractivity contribution is 5.92. The first-order chi connectivity index (χ1) is 12.7. The number of aromatic nitrogens is 3. The largest absolute Gasteiger partial charge is 0.497 e. The van der Waals surface area contributed by atoms with Crippen molar-refractivity contribution in [1.29, 1.82) is 0 Å². The van der Waals surface area contributed by atoms with Crippen molar-refractivity contribution in [2.24, 2.45) is 10.7 Å². The summed E-state index contributed by atoms with van der Waals surface area (Å²) in [5, 5.41) is 10.2. The number of benzene rings is 2. The van der Waals surface area contributed by atoms with E-state index in [2.05, 4.69) is 44.5 Å². The molecule has 7 nitrogen and oxygen atoms in total. The van der Waals surface area contributed by atoms with Crippen LogP contribution in [0.1, 0.15) is 18.3 Å². The number of aliphatic imine (C=N–C) groups is 1. The molecule has 1 heterocycles. The second kappa shape index (κ2) is 8.15. The third-order valence-corrected chi connectivity index (χ3v) is 3.89. The molecule has 3 aromatic rings. The van der Waals surface area contributed by atoms with Gasteiger partial charge < -0.3 is 15.8 Å². The van der Waals surface area contributed by atoms with Gasteiger partial charge in [-0.15, -0.1) is 0 Å². The number of anilines is 1. The third-order valence-electron chi connectivity index (χ3n) is 3.89. The molecule has 0 spiro atoms. The van der Waals surface area contributed by atoms with Crippen LogP contribution in [0.4, 0.5) is 5.69 Å². The van der Waals surface area contributed by atoms with Crippen molar-refractivity contribution in [3.8, 4) is 17.1 Å². The normalized spacial score (nSPS) is 11.4. The van der Waals surface area contributed by atoms with Crippen molar-refractivity contribution in [2.75, 3.05) is 12.4 Å². The Bertz CT molecular complexity index is 885. The molecule has 0 amide bonds. The van der Waals surface area contributed by atoms with Crippen LogP contribution in [0.25, 0.3) is 11.4 Å². The number of nitrogens with zero attached hydrogens (tertiary/aromatic N) is 3. The van der Waals surface area contributed by atoms with Gasteiger partial charge in [0.25, 0.3) is 0 Å². The second-order valence-electron chi connectivity index (χ2n) is 5.71. The molecule has 26 heavy (non-hydrogen) atoms. The fraction of sp³-hybridized carbons (Fsp3) is 0.211. The fourth-order valence-electron chi connectivity index (χ4n) is 2.45. The van der Waals surface area contributed by atoms with E-state index in [0.29, 0.717) is 24.2 Å². The molecule has 0 bridgehead atoms. The monoisotopic (exact) mass is 350 g/mol. The first-order valence-electron chi connectivity index (χ1n) is 8.39. The highest BCUT2D eigenvalue weighted by Gasteiger charge is 2.06. The summed E-state index contributed by atoms with van der Waals surface area (Å²) in [7, 11) is 1.63. The van der Waals surface area contributed by atoms with Crippen molar-refractivity contribution in [3.05, 3.63) is 59.9 Å². The summed E-state index contributed by atoms with van der Waals surface area (Å²) in [5.74, 6) is 2.38. The lowest BCUT2D eigenvalue weighted by Gasteiger charge is -2.06. The average Bonchev–Trinajstić information content (AvgIpc) is 3.15. The van der Waals surface area contributed by atoms with E-state index >= 15 is 0 Å². The lowest BCUT2D eigenvalue weighted by atomic mass is 10.1. The maximum Gasteiger partial charge on any atom is 0.193 e. The van der Waals surface area contributed by atoms with Crippen LogP contribution in [0.5, 0.6) is 5.75 Å². The van der Waals surface area contributed by atoms with Crippen molar-refractivity contribution in [2.45, 2.75) is 19.9 Å². The lowest BCUT2D eigenvalue weighted by molar-refractivity contribution is 0.415. The van der Waals surface area contributed by atoms with E-state index in [1.54, 1.807) is 7.11 Å². The molecular formula is C19H22N6O. The molecule has 0 aliphatic heterocycles. The van der Waals surface area contributed by atoms with E-state index in [1.807, 2.05) is 36.4 Å². The van der Waals surface area contributed by atoms with E-state index in [1.165, 1.54) is 5.56 Å². The minimum Gasteiger partial charge on any atom is -0.497 e. The van der Waals surface area contributed by atoms with Crippen molar-refractivity contribution < 1.29 is 4.74 Å². The number of rotatable bonds is 6. The SMILES string of the molecule is CCc1cccc(NC(N)=NCc2nc(-c3ccc(OC)cc3)n[nH]2)c1. The number of nitrogens with one attached hydrogen (secondary N) is 2. The fourth-order valence-corrected chi connectivity index (χ4v) is 2.45. The topological polar surface area (TPSA) is 101 Å². The van der Waals surface area contributed by atoms with Gasteiger partial charge in [0.05, 0.1) is 7.11 Å². The van der Waals surface area contributed by atoms with Crippen LogP contribution in [-0.2, 0) is 13.0 Å². The molecule has 4 N–H and O–H groups in total. The molecule has 0 unspecified atom stereocenters. The minimum atomic E-state index is 0.315. The highest BCUT2D eigenvalue weighted by atomic mass is 16.5. The van der Waals surface area contributed by atoms with Gasteiger partial charge in [0.2, 0.25) is 0 Å². The third kappa shape index (κ3) is 4.38. The maximum atomic E-state index is 5.96. The molecule has 0 saturated carbocycles. The number of methoxy groups -OCH3 is 1. The molecule has 134 valence electrons. The smallest absolute Gasteiger partial charge is 0.193 e. The Morgan fingerprint density at radius 1 is 1.23 bits per heavy atom. The zero-order chi connectivity index (χ0) is 18.4. The van der Waals surface area contributed by atoms with Crippen LogP contribution in [0.15, 0.2) is 53.5 Å². The number of aromatic amines is 1. The zero-order valence-corrected chi connectivity index (χ0v) is 14.9. The summed E-state index contributed by atoms with van der Waals surface area (Å²) in [5.41, 5.74) is 9.02. The first-order valence-corrected chi connectivity index (χ1v) is 8.39. The lowest BCUT2D eigenvalue weighted by Crippen LogP contribution is -2.22. The molecule has 0 radical (unpaired) electrons. The summed E-state index contributed by atoms with van der Waals surface area (Å²) in [6.07, 6.45) is 0.971. The maximum absolute atomic E-state index is 5.96. The molecule has 0 saturated heterocycles. The van der Waals surface area contributed by atoms with Crippen LogP contribution < -0.4 is 15.8 Å². The van der Waals surface area contributed by atoms with Crippen molar-refractivity contribution in [1.82, 2.24) is 15.2 Å². The Morgan fingerprint density at radius 2 is 2.04 bits per heavy atom. The van der Waals surface area contributed by atoms with E-state index in [9.17, 15) is 0 Å². The van der Waals surface area contributed by atoms with E-state index < -0.39 is 0 Å². The number of H-pyrrole nitrogens is 1. The van der Waals surface area contributed by atoms with Gasteiger partial charge in [-0.25, -0.2) is 9.98 Å². The van der Waals surface area contributed by atoms with Crippen molar-refractivity contribution >= 4 is 11.6 Å². The predicted octanol–water partition coefficient (Wildman–Crippen LogP) is 2.97. The number of hydrogen-bond donors (Lipinski definition) is 3. The van der Waals surface area contributed by atoms with Gasteiger partial charge in [-0.1, -0.05) is 19.1 Å². The van der Waals surface area contributed by atoms with Crippen LogP contribution in [0.3, 0.4) is 0 Å². The van der Waals surface area contributed by atoms with Gasteiger partial charge in [-0.05, 0) is 48.4 Å². The quantitative estimate of drug-likeness (QED) is 0.469. The number of guanidine groups is 1. The number of nitrogens with two attached hydrogens (primary N) is 1. The summed E-state index contributed by atoms with van der Waals surface area (Å²) in [4.78, 5) is 8.75. The summed E-state index contributed by atoms with van der Waals surface area (Å²) >= 11 is 0. The molecule has 0 aliphatic carbocycles. The molecule has 7 heteroatoms. The van der Waals surface area contributed by atoms with Gasteiger partial charge in [-0.2, -0.15) is 5.10 Å². The predicted molar refractivity (Wildman–Crippen MR) is 103 cm³/mol. The molecule has 2 aromatic carbocycles. The highest BCUT2D eigenvalue weighted by Crippen LogP contribution is 2.19. The van der Waals surface area contributed by atoms with E-state index in [0.717, 1.165) is 23.4 Å². The number of ether oxygens (including phenoxy) is 1. The standard InChI is InChI=1S/C19H22N6O/c1-3-13-5-4-6-15(11-13)22-19(20)21-12-17-23-18(25-24-17)14-7-9-16(26-2)10-8-14/h4-11H,3,12H2,1-2H3,(H3,20,21,22)(H,23,24,25). The zero-order valence-electron chi connectivity index (χ0n) is 14.9. The van der Waals surface area contributed by atoms with Gasteiger partial charge >= 0.3 is 0 Å². The van der Waals surface area contributed by atoms with E-state index in [4.69, 9.17) is 10.5 Å². The Morgan fingerprint density at radius 3 is 2.77 bits per heavy atom. The van der Waals surface area contributed by atoms with Crippen molar-refractivity contribution in [3.63, 3.8) is 0 Å². The molecule has 0 aliphatic rings. The van der Waals surface area contributed by atoms with Crippen LogP contribution in [-0.4, -0.2) is 28.3 Å². The Hall–Kier alpha value is -3.35. The molecule has 0 atom stereocenters. The second-order valence-corrected chi connectivity index (χ2v) is 5.71. The molecule has 0 fully saturated rings. The van der Waals surface area contributed by atoms with Gasteiger partial charge in [0, 0.05) is 11.3 Å². The Kier molecular flexibility index (Phi) is 5.48. The number of aryl methyl sites for hydroxylation is 1. The van der Waals surface area contributed by atoms with Gasteiger partial charge in [0.15, 0.2) is 11.8 Å². The molecule has 3 rings (SSSR count). The minimum absolute atomic E-state index is 0.315. The Labute approximate surface area is 152 Å². The van der Waals surface area contributed by atoms with Crippen LogP contribution in [0.2, 0.25) is 0 Å². The van der Waals surface area contributed by atoms with Crippen LogP contribution in [0, 0.1) is 0 Å². The summed E-state index contributed by atoms with van der Waals surface area (Å²) in [6, 6.07) is 15.6. The van der Waals surface area contributed by atoms with E-state index in [-0.39, 0.29) is 0 Å². The van der Waals surface area contributed by atoms with Gasteiger partial charge in [-0.3, -0.25) is 5.10 Å². The summed E-state index contributed by atoms with van der Waals surface area (Å²) < 4.78 is 5.15. The molecule has 1 aromatic heterocycles. The van der Waals surface area contributed by atoms with Gasteiger partial charge in [0.1, 0.15) is 18.1 Å². The average molecular weight is 350 g/mol. The summed E-state index contributed by atoms with van der Waals surface area (Å²) in [6.45, 7) is 2.43. The Balaban J connectivity index is 1.63. The van der Waals surface area contributed by atoms with Crippen LogP contribution >= 0.6 is 0 Å². The molecular weight excluding hydrogens is 328 g/mol. The first kappa shape index (κ1) is 17.5.